The van der Waals surface area contributed by atoms with Crippen molar-refractivity contribution < 1.29 is 70.2 Å². The summed E-state index contributed by atoms with van der Waals surface area (Å²) in [5, 5.41) is 85.8. The van der Waals surface area contributed by atoms with Crippen molar-refractivity contribution in [1.29, 1.82) is 0 Å². The van der Waals surface area contributed by atoms with E-state index in [2.05, 4.69) is 265 Å². The summed E-state index contributed by atoms with van der Waals surface area (Å²) in [4.78, 5) is 22.9. The van der Waals surface area contributed by atoms with Crippen molar-refractivity contribution in [2.24, 2.45) is 0 Å². The van der Waals surface area contributed by atoms with Gasteiger partial charge < -0.3 is 15.1 Å². The molecular formula is C101H65Ir3N15O2-4. The molecule has 0 aliphatic carbocycles. The molecule has 1 N–H and O–H groups in total. The number of aliphatic hydroxyl groups excluding tert-OH is 1. The topological polar surface area (TPSA) is 231 Å². The Labute approximate surface area is 735 Å². The van der Waals surface area contributed by atoms with Gasteiger partial charge in [-0.25, -0.2) is 0 Å². The number of hydrogen-bond donors (Lipinski definition) is 1. The van der Waals surface area contributed by atoms with Gasteiger partial charge in [0.05, 0.1) is 5.76 Å². The van der Waals surface area contributed by atoms with Crippen LogP contribution in [0.3, 0.4) is 0 Å². The molecule has 0 atom stereocenters. The molecule has 3 radical (unpaired) electrons. The smallest absolute Gasteiger partial charge is 0.203 e. The summed E-state index contributed by atoms with van der Waals surface area (Å²) >= 11 is 0. The van der Waals surface area contributed by atoms with Gasteiger partial charge in [0.25, 0.3) is 0 Å². The Kier molecular flexibility index (Phi) is 25.2. The minimum atomic E-state index is -0.125. The van der Waals surface area contributed by atoms with Gasteiger partial charge >= 0.3 is 0 Å². The van der Waals surface area contributed by atoms with Gasteiger partial charge in [0.15, 0.2) is 5.78 Å². The molecule has 0 fully saturated rings. The molecule has 587 valence electrons. The Morgan fingerprint density at radius 1 is 0.322 bits per heavy atom. The van der Waals surface area contributed by atoms with E-state index in [9.17, 15) is 4.79 Å². The van der Waals surface area contributed by atoms with Crippen LogP contribution in [0.5, 0.6) is 0 Å². The van der Waals surface area contributed by atoms with Crippen LogP contribution >= 0.6 is 0 Å². The largest absolute Gasteiger partial charge is 0.512 e. The van der Waals surface area contributed by atoms with Crippen molar-refractivity contribution in [3.63, 3.8) is 0 Å². The minimum Gasteiger partial charge on any atom is -0.512 e. The van der Waals surface area contributed by atoms with Crippen LogP contribution in [0, 0.1) is 31.3 Å². The number of ketones is 1. The third kappa shape index (κ3) is 17.3. The summed E-state index contributed by atoms with van der Waals surface area (Å²) in [6.45, 7) is 4.93. The van der Waals surface area contributed by atoms with Crippen LogP contribution in [0.25, 0.3) is 198 Å². The molecule has 6 heterocycles. The van der Waals surface area contributed by atoms with Crippen molar-refractivity contribution in [2.75, 3.05) is 0 Å². The molecule has 0 spiro atoms. The first-order valence-electron chi connectivity index (χ1n) is 38.1. The van der Waals surface area contributed by atoms with Crippen molar-refractivity contribution in [3.05, 3.63) is 370 Å². The van der Waals surface area contributed by atoms with Gasteiger partial charge in [0.2, 0.25) is 17.5 Å². The molecule has 22 aromatic rings. The van der Waals surface area contributed by atoms with Gasteiger partial charge in [-0.3, -0.25) is 9.78 Å². The summed E-state index contributed by atoms with van der Waals surface area (Å²) in [6, 6.07) is 113. The average Bonchev–Trinajstić information content (AvgIpc) is 0.765. The van der Waals surface area contributed by atoms with Gasteiger partial charge in [-0.15, -0.1) is 101 Å². The number of pyridine rings is 3. The molecule has 0 saturated heterocycles. The normalized spacial score (nSPS) is 11.0. The molecule has 6 aromatic heterocycles. The quantitative estimate of drug-likeness (QED) is 0.0645. The number of hydrogen-bond acceptors (Lipinski definition) is 17. The summed E-state index contributed by atoms with van der Waals surface area (Å²) in [5.41, 5.74) is 8.25. The number of fused-ring (bicyclic) bond motifs is 15. The molecule has 0 saturated carbocycles. The third-order valence-electron chi connectivity index (χ3n) is 20.3. The fourth-order valence-corrected chi connectivity index (χ4v) is 14.9. The van der Waals surface area contributed by atoms with E-state index in [1.807, 2.05) is 158 Å². The number of carbonyl (C=O) groups is 1. The number of aromatic nitrogens is 15. The van der Waals surface area contributed by atoms with Crippen LogP contribution in [0.4, 0.5) is 0 Å². The van der Waals surface area contributed by atoms with Gasteiger partial charge in [0, 0.05) is 107 Å². The number of carbonyl (C=O) groups excluding carboxylic acids is 1. The van der Waals surface area contributed by atoms with E-state index in [4.69, 9.17) is 5.11 Å². The number of aryl methyl sites for hydroxylation is 1. The number of allylic oxidation sites excluding steroid dienone is 2. The van der Waals surface area contributed by atoms with Gasteiger partial charge in [0.1, 0.15) is 17.5 Å². The molecule has 0 unspecified atom stereocenters. The van der Waals surface area contributed by atoms with Crippen molar-refractivity contribution in [3.8, 4) is 79.6 Å². The monoisotopic (exact) mass is 2100 g/mol. The molecule has 22 rings (SSSR count). The van der Waals surface area contributed by atoms with Crippen LogP contribution in [-0.2, 0) is 65.1 Å². The third-order valence-corrected chi connectivity index (χ3v) is 20.3. The van der Waals surface area contributed by atoms with E-state index in [0.29, 0.717) is 40.5 Å². The summed E-state index contributed by atoms with van der Waals surface area (Å²) in [5.74, 6) is 2.73. The van der Waals surface area contributed by atoms with Gasteiger partial charge in [-0.1, -0.05) is 321 Å². The average molecular weight is 2100 g/mol. The molecule has 17 nitrogen and oxygen atoms in total. The van der Waals surface area contributed by atoms with Crippen LogP contribution < -0.4 is 0 Å². The summed E-state index contributed by atoms with van der Waals surface area (Å²) in [7, 11) is 0. The van der Waals surface area contributed by atoms with E-state index in [0.717, 1.165) is 136 Å². The maximum atomic E-state index is 10.0. The second-order valence-electron chi connectivity index (χ2n) is 28.0. The van der Waals surface area contributed by atoms with E-state index in [1.54, 1.807) is 12.4 Å². The fraction of sp³-hybridized carbons (Fsp3) is 0.0297. The maximum absolute atomic E-state index is 10.0. The zero-order valence-electron chi connectivity index (χ0n) is 64.8. The van der Waals surface area contributed by atoms with Crippen molar-refractivity contribution >= 4 is 124 Å². The molecule has 0 aliphatic heterocycles. The van der Waals surface area contributed by atoms with E-state index >= 15 is 0 Å². The molecule has 121 heavy (non-hydrogen) atoms. The second kappa shape index (κ2) is 37.2. The Hall–Kier alpha value is -14.2. The zero-order chi connectivity index (χ0) is 79.8. The predicted octanol–water partition coefficient (Wildman–Crippen LogP) is 22.6. The fourth-order valence-electron chi connectivity index (χ4n) is 14.9. The van der Waals surface area contributed by atoms with Crippen LogP contribution in [0.1, 0.15) is 19.4 Å². The molecular weight excluding hydrogens is 2030 g/mol. The first-order chi connectivity index (χ1) is 58.1. The first kappa shape index (κ1) is 81.9. The predicted molar refractivity (Wildman–Crippen MR) is 470 cm³/mol. The summed E-state index contributed by atoms with van der Waals surface area (Å²) < 4.78 is 0. The minimum absolute atomic E-state index is 0. The molecule has 20 heteroatoms. The first-order valence-corrected chi connectivity index (χ1v) is 38.1. The Morgan fingerprint density at radius 2 is 0.686 bits per heavy atom. The number of nitrogens with zero attached hydrogens (tertiary/aromatic N) is 15. The molecule has 16 aromatic carbocycles. The van der Waals surface area contributed by atoms with E-state index in [1.165, 1.54) is 47.0 Å². The standard InChI is InChI=1S/2C30H17N4.C20H11N6.C16H12N.C5H8O2.3Ir/c2*1-3-11-21-19(9-1)17-27(25-15-7-5-13-23(21)25)29-31-33-30(34-32-29)28-18-20-10-2-4-12-22(20)24-14-6-8-16-26(24)28;1-3-7-15-13(5-1)9-21-11-17(15)19-23-25-20(26-24-19)18-12-22-10-14-6-2-4-8-16(14)18;1-12-5-4-7-14(11-12)16-15-8-3-2-6-13(15)9-10-17-16;1-4(6)3-5(2)7;;;/h2*1-17H;1-11H;2-6,8-11H,1H3;3,6H,1-2H3;;;/q4*-1;;;;. The SMILES string of the molecule is CC(=O)C=C(C)O.Cc1cc[c-]c(-c2nccc3ccccc23)c1.[Ir].[Ir].[Ir].[c-]1c(-c2nnc(-c3cc4ccccc4c4ccccc34)nn2)c2ccccc2c2ccccc12.[c-]1c(-c2nnc(-c3cc4ccccc4c4ccccc34)nn2)c2ccccc2c2ccccc12.[c-]1ncc2ccccc2c1-c1nnc(-c2cncc3ccccc23)nn1. The van der Waals surface area contributed by atoms with Crippen LogP contribution in [0.2, 0.25) is 0 Å². The molecule has 0 bridgehead atoms. The van der Waals surface area contributed by atoms with Crippen molar-refractivity contribution in [2.45, 2.75) is 20.8 Å². The molecule has 0 amide bonds. The zero-order valence-corrected chi connectivity index (χ0v) is 72.0. The van der Waals surface area contributed by atoms with E-state index in [-0.39, 0.29) is 71.9 Å². The number of aliphatic hydroxyl groups is 1. The molecule has 0 aliphatic rings. The van der Waals surface area contributed by atoms with E-state index < -0.39 is 0 Å². The summed E-state index contributed by atoms with van der Waals surface area (Å²) in [6.07, 6.45) is 11.3. The number of benzene rings is 16. The maximum Gasteiger partial charge on any atom is 0.203 e. The van der Waals surface area contributed by atoms with Crippen LogP contribution in [-0.4, -0.2) is 87.0 Å². The Bertz CT molecular complexity index is 6950. The Balaban J connectivity index is 0.000000124. The van der Waals surface area contributed by atoms with Crippen LogP contribution in [0.15, 0.2) is 340 Å². The Morgan fingerprint density at radius 3 is 1.15 bits per heavy atom. The van der Waals surface area contributed by atoms with Gasteiger partial charge in [-0.2, -0.15) is 30.6 Å². The second-order valence-corrected chi connectivity index (χ2v) is 28.0. The van der Waals surface area contributed by atoms with Crippen molar-refractivity contribution in [1.82, 2.24) is 76.1 Å². The number of rotatable bonds is 8. The van der Waals surface area contributed by atoms with Gasteiger partial charge in [-0.05, 0) is 109 Å².